The highest BCUT2D eigenvalue weighted by Crippen LogP contribution is 2.44. The highest BCUT2D eigenvalue weighted by Gasteiger charge is 2.50. The van der Waals surface area contributed by atoms with E-state index in [0.29, 0.717) is 5.92 Å². The molecule has 1 fully saturated rings. The second-order valence-corrected chi connectivity index (χ2v) is 4.99. The molecule has 0 aromatic heterocycles. The molecule has 15 heavy (non-hydrogen) atoms. The first-order valence-electron chi connectivity index (χ1n) is 5.90. The molecule has 0 aliphatic heterocycles. The van der Waals surface area contributed by atoms with Crippen molar-refractivity contribution < 1.29 is 15.0 Å². The van der Waals surface area contributed by atoms with E-state index in [4.69, 9.17) is 0 Å². The Morgan fingerprint density at radius 1 is 1.47 bits per heavy atom. The molecule has 0 radical (unpaired) electrons. The molecule has 1 aliphatic rings. The van der Waals surface area contributed by atoms with Crippen LogP contribution >= 0.6 is 0 Å². The van der Waals surface area contributed by atoms with Crippen LogP contribution in [-0.4, -0.2) is 21.8 Å². The fraction of sp³-hybridized carbons (Fsp3) is 0.917. The number of carbonyl (C=O) groups is 1. The van der Waals surface area contributed by atoms with Crippen LogP contribution in [0.2, 0.25) is 0 Å². The Morgan fingerprint density at radius 3 is 2.47 bits per heavy atom. The van der Waals surface area contributed by atoms with Gasteiger partial charge in [0.1, 0.15) is 0 Å². The van der Waals surface area contributed by atoms with Crippen molar-refractivity contribution in [1.29, 1.82) is 0 Å². The lowest BCUT2D eigenvalue weighted by Crippen LogP contribution is -2.51. The summed E-state index contributed by atoms with van der Waals surface area (Å²) in [5.41, 5.74) is -1.53. The van der Waals surface area contributed by atoms with Gasteiger partial charge in [0.05, 0.1) is 0 Å². The van der Waals surface area contributed by atoms with Crippen molar-refractivity contribution in [2.75, 3.05) is 0 Å². The maximum atomic E-state index is 11.3. The van der Waals surface area contributed by atoms with Crippen LogP contribution in [0.15, 0.2) is 0 Å². The van der Waals surface area contributed by atoms with E-state index in [9.17, 15) is 15.0 Å². The van der Waals surface area contributed by atoms with E-state index in [1.165, 1.54) is 0 Å². The number of hydrogen-bond donors (Lipinski definition) is 2. The van der Waals surface area contributed by atoms with Crippen LogP contribution in [0.4, 0.5) is 0 Å². The SMILES string of the molecule is CCC1CCCC1C(O)(C(=O)O)C(C)C. The fourth-order valence-electron chi connectivity index (χ4n) is 2.94. The summed E-state index contributed by atoms with van der Waals surface area (Å²) >= 11 is 0. The molecular formula is C12H22O3. The molecule has 3 nitrogen and oxygen atoms in total. The molecule has 1 aliphatic carbocycles. The van der Waals surface area contributed by atoms with Crippen LogP contribution in [0, 0.1) is 17.8 Å². The molecule has 3 heteroatoms. The van der Waals surface area contributed by atoms with E-state index in [0.717, 1.165) is 25.7 Å². The van der Waals surface area contributed by atoms with Crippen molar-refractivity contribution in [3.05, 3.63) is 0 Å². The molecule has 0 spiro atoms. The first-order chi connectivity index (χ1) is 6.94. The first-order valence-corrected chi connectivity index (χ1v) is 5.90. The Bertz CT molecular complexity index is 237. The summed E-state index contributed by atoms with van der Waals surface area (Å²) in [6.45, 7) is 5.66. The molecule has 0 saturated heterocycles. The van der Waals surface area contributed by atoms with Gasteiger partial charge in [0.2, 0.25) is 0 Å². The zero-order chi connectivity index (χ0) is 11.6. The van der Waals surface area contributed by atoms with Gasteiger partial charge < -0.3 is 10.2 Å². The molecular weight excluding hydrogens is 192 g/mol. The maximum Gasteiger partial charge on any atom is 0.336 e. The summed E-state index contributed by atoms with van der Waals surface area (Å²) < 4.78 is 0. The van der Waals surface area contributed by atoms with Crippen molar-refractivity contribution >= 4 is 5.97 Å². The topological polar surface area (TPSA) is 57.5 Å². The largest absolute Gasteiger partial charge is 0.479 e. The molecule has 2 N–H and O–H groups in total. The molecule has 0 heterocycles. The second kappa shape index (κ2) is 4.52. The van der Waals surface area contributed by atoms with E-state index >= 15 is 0 Å². The van der Waals surface area contributed by atoms with Crippen LogP contribution in [0.5, 0.6) is 0 Å². The highest BCUT2D eigenvalue weighted by molar-refractivity contribution is 5.78. The normalized spacial score (nSPS) is 30.5. The molecule has 88 valence electrons. The van der Waals surface area contributed by atoms with Gasteiger partial charge in [-0.05, 0) is 18.3 Å². The van der Waals surface area contributed by atoms with Crippen molar-refractivity contribution in [2.45, 2.75) is 52.1 Å². The summed E-state index contributed by atoms with van der Waals surface area (Å²) in [7, 11) is 0. The smallest absolute Gasteiger partial charge is 0.336 e. The van der Waals surface area contributed by atoms with Gasteiger partial charge in [0, 0.05) is 5.92 Å². The molecule has 0 bridgehead atoms. The van der Waals surface area contributed by atoms with Crippen LogP contribution in [0.3, 0.4) is 0 Å². The zero-order valence-corrected chi connectivity index (χ0v) is 9.86. The lowest BCUT2D eigenvalue weighted by molar-refractivity contribution is -0.174. The van der Waals surface area contributed by atoms with Gasteiger partial charge in [0.25, 0.3) is 0 Å². The van der Waals surface area contributed by atoms with Gasteiger partial charge in [-0.2, -0.15) is 0 Å². The van der Waals surface area contributed by atoms with Gasteiger partial charge in [-0.15, -0.1) is 0 Å². The molecule has 0 amide bonds. The summed E-state index contributed by atoms with van der Waals surface area (Å²) in [6.07, 6.45) is 3.92. The predicted molar refractivity (Wildman–Crippen MR) is 58.5 cm³/mol. The van der Waals surface area contributed by atoms with Crippen molar-refractivity contribution in [3.63, 3.8) is 0 Å². The lowest BCUT2D eigenvalue weighted by Gasteiger charge is -2.36. The average Bonchev–Trinajstić information content (AvgIpc) is 2.63. The van der Waals surface area contributed by atoms with E-state index in [1.807, 2.05) is 0 Å². The van der Waals surface area contributed by atoms with Crippen molar-refractivity contribution in [1.82, 2.24) is 0 Å². The Labute approximate surface area is 91.5 Å². The summed E-state index contributed by atoms with van der Waals surface area (Å²) in [5, 5.41) is 19.6. The van der Waals surface area contributed by atoms with Crippen LogP contribution in [0.1, 0.15) is 46.5 Å². The first kappa shape index (κ1) is 12.5. The molecule has 0 aromatic rings. The van der Waals surface area contributed by atoms with Gasteiger partial charge >= 0.3 is 5.97 Å². The van der Waals surface area contributed by atoms with E-state index < -0.39 is 11.6 Å². The summed E-state index contributed by atoms with van der Waals surface area (Å²) in [4.78, 5) is 11.3. The number of aliphatic carboxylic acids is 1. The highest BCUT2D eigenvalue weighted by atomic mass is 16.4. The van der Waals surface area contributed by atoms with Crippen LogP contribution in [-0.2, 0) is 4.79 Å². The third-order valence-electron chi connectivity index (χ3n) is 3.97. The number of hydrogen-bond acceptors (Lipinski definition) is 2. The van der Waals surface area contributed by atoms with Gasteiger partial charge in [-0.3, -0.25) is 0 Å². The molecule has 1 saturated carbocycles. The van der Waals surface area contributed by atoms with Crippen molar-refractivity contribution in [2.24, 2.45) is 17.8 Å². The zero-order valence-electron chi connectivity index (χ0n) is 9.86. The van der Waals surface area contributed by atoms with E-state index in [-0.39, 0.29) is 11.8 Å². The molecule has 3 unspecified atom stereocenters. The third-order valence-corrected chi connectivity index (χ3v) is 3.97. The fourth-order valence-corrected chi connectivity index (χ4v) is 2.94. The Kier molecular flexibility index (Phi) is 3.77. The van der Waals surface area contributed by atoms with Gasteiger partial charge in [0.15, 0.2) is 5.60 Å². The van der Waals surface area contributed by atoms with Gasteiger partial charge in [-0.1, -0.05) is 40.0 Å². The quantitative estimate of drug-likeness (QED) is 0.755. The third kappa shape index (κ3) is 2.03. The average molecular weight is 214 g/mol. The standard InChI is InChI=1S/C12H22O3/c1-4-9-6-5-7-10(9)12(15,8(2)3)11(13)14/h8-10,15H,4-7H2,1-3H3,(H,13,14). The summed E-state index contributed by atoms with van der Waals surface area (Å²) in [5.74, 6) is -0.983. The van der Waals surface area contributed by atoms with E-state index in [1.54, 1.807) is 13.8 Å². The number of carboxylic acids is 1. The second-order valence-electron chi connectivity index (χ2n) is 4.99. The van der Waals surface area contributed by atoms with Gasteiger partial charge in [-0.25, -0.2) is 4.79 Å². The Balaban J connectivity index is 2.94. The lowest BCUT2D eigenvalue weighted by atomic mass is 9.73. The Hall–Kier alpha value is -0.570. The molecule has 1 rings (SSSR count). The number of carboxylic acid groups (broad SMARTS) is 1. The van der Waals surface area contributed by atoms with Crippen molar-refractivity contribution in [3.8, 4) is 0 Å². The monoisotopic (exact) mass is 214 g/mol. The van der Waals surface area contributed by atoms with Crippen LogP contribution in [0.25, 0.3) is 0 Å². The minimum atomic E-state index is -1.53. The minimum Gasteiger partial charge on any atom is -0.479 e. The minimum absolute atomic E-state index is 0.0694. The number of rotatable bonds is 4. The maximum absolute atomic E-state index is 11.3. The summed E-state index contributed by atoms with van der Waals surface area (Å²) in [6, 6.07) is 0. The van der Waals surface area contributed by atoms with E-state index in [2.05, 4.69) is 6.92 Å². The molecule has 3 atom stereocenters. The van der Waals surface area contributed by atoms with Crippen LogP contribution < -0.4 is 0 Å². The Morgan fingerprint density at radius 2 is 2.07 bits per heavy atom. The molecule has 0 aromatic carbocycles. The number of aliphatic hydroxyl groups is 1. The predicted octanol–water partition coefficient (Wildman–Crippen LogP) is 2.28.